The second kappa shape index (κ2) is 3.91. The molecule has 2 nitrogen and oxygen atoms in total. The van der Waals surface area contributed by atoms with E-state index >= 15 is 0 Å². The number of halogens is 1. The molecule has 0 amide bonds. The Morgan fingerprint density at radius 2 is 2.50 bits per heavy atom. The first-order valence-corrected chi connectivity index (χ1v) is 4.29. The van der Waals surface area contributed by atoms with Gasteiger partial charge in [-0.25, -0.2) is 4.98 Å². The molecule has 0 radical (unpaired) electrons. The molecule has 0 atom stereocenters. The van der Waals surface area contributed by atoms with Crippen LogP contribution in [0.5, 0.6) is 0 Å². The normalized spacial score (nSPS) is 10.2. The first-order valence-electron chi connectivity index (χ1n) is 3.03. The summed E-state index contributed by atoms with van der Waals surface area (Å²) >= 11 is 7.01. The zero-order valence-electron chi connectivity index (χ0n) is 5.38. The molecule has 0 unspecified atom stereocenters. The van der Waals surface area contributed by atoms with Crippen LogP contribution >= 0.6 is 22.9 Å². The SMILES string of the molecule is OCCCc1csc(Cl)n1. The molecule has 1 heterocycles. The first kappa shape index (κ1) is 7.98. The molecule has 0 aliphatic heterocycles. The van der Waals surface area contributed by atoms with E-state index in [0.29, 0.717) is 4.47 Å². The minimum Gasteiger partial charge on any atom is -0.396 e. The molecule has 0 aliphatic carbocycles. The van der Waals surface area contributed by atoms with Gasteiger partial charge in [-0.2, -0.15) is 0 Å². The quantitative estimate of drug-likeness (QED) is 0.763. The monoisotopic (exact) mass is 177 g/mol. The lowest BCUT2D eigenvalue weighted by Gasteiger charge is -1.89. The Labute approximate surface area is 68.5 Å². The number of aliphatic hydroxyl groups excluding tert-OH is 1. The summed E-state index contributed by atoms with van der Waals surface area (Å²) in [5.74, 6) is 0. The summed E-state index contributed by atoms with van der Waals surface area (Å²) in [5, 5.41) is 10.4. The van der Waals surface area contributed by atoms with Crippen molar-refractivity contribution in [2.45, 2.75) is 12.8 Å². The lowest BCUT2D eigenvalue weighted by atomic mass is 10.3. The summed E-state index contributed by atoms with van der Waals surface area (Å²) in [6.07, 6.45) is 1.58. The van der Waals surface area contributed by atoms with Gasteiger partial charge in [0.1, 0.15) is 0 Å². The molecule has 10 heavy (non-hydrogen) atoms. The molecule has 1 aromatic rings. The van der Waals surface area contributed by atoms with Crippen molar-refractivity contribution in [1.29, 1.82) is 0 Å². The summed E-state index contributed by atoms with van der Waals surface area (Å²) < 4.78 is 0.577. The Hall–Kier alpha value is -0.120. The first-order chi connectivity index (χ1) is 4.83. The van der Waals surface area contributed by atoms with E-state index in [1.807, 2.05) is 5.38 Å². The number of rotatable bonds is 3. The fourth-order valence-electron chi connectivity index (χ4n) is 0.657. The predicted octanol–water partition coefficient (Wildman–Crippen LogP) is 1.72. The Balaban J connectivity index is 2.42. The van der Waals surface area contributed by atoms with Crippen LogP contribution in [0, 0.1) is 0 Å². The highest BCUT2D eigenvalue weighted by Gasteiger charge is 1.97. The Morgan fingerprint density at radius 3 is 3.00 bits per heavy atom. The van der Waals surface area contributed by atoms with Gasteiger partial charge >= 0.3 is 0 Å². The van der Waals surface area contributed by atoms with Gasteiger partial charge in [0.15, 0.2) is 4.47 Å². The van der Waals surface area contributed by atoms with E-state index in [0.717, 1.165) is 18.5 Å². The maximum atomic E-state index is 8.48. The van der Waals surface area contributed by atoms with E-state index in [9.17, 15) is 0 Å². The predicted molar refractivity (Wildman–Crippen MR) is 42.5 cm³/mol. The summed E-state index contributed by atoms with van der Waals surface area (Å²) in [6, 6.07) is 0. The molecule has 0 saturated heterocycles. The van der Waals surface area contributed by atoms with Crippen LogP contribution in [0.3, 0.4) is 0 Å². The molecule has 0 aliphatic rings. The maximum Gasteiger partial charge on any atom is 0.183 e. The number of hydrogen-bond acceptors (Lipinski definition) is 3. The van der Waals surface area contributed by atoms with Crippen LogP contribution in [0.25, 0.3) is 0 Å². The smallest absolute Gasteiger partial charge is 0.183 e. The highest BCUT2D eigenvalue weighted by atomic mass is 35.5. The van der Waals surface area contributed by atoms with Gasteiger partial charge in [0, 0.05) is 12.0 Å². The number of aryl methyl sites for hydroxylation is 1. The van der Waals surface area contributed by atoms with Gasteiger partial charge in [0.05, 0.1) is 5.69 Å². The molecule has 0 bridgehead atoms. The lowest BCUT2D eigenvalue weighted by Crippen LogP contribution is -1.88. The Bertz CT molecular complexity index is 201. The van der Waals surface area contributed by atoms with E-state index in [1.54, 1.807) is 0 Å². The van der Waals surface area contributed by atoms with Gasteiger partial charge in [-0.15, -0.1) is 11.3 Å². The molecular weight excluding hydrogens is 170 g/mol. The van der Waals surface area contributed by atoms with E-state index in [2.05, 4.69) is 4.98 Å². The molecule has 0 spiro atoms. The third kappa shape index (κ3) is 2.25. The van der Waals surface area contributed by atoms with Crippen molar-refractivity contribution in [1.82, 2.24) is 4.98 Å². The van der Waals surface area contributed by atoms with Crippen LogP contribution in [0.2, 0.25) is 4.47 Å². The molecule has 0 fully saturated rings. The number of thiazole rings is 1. The minimum absolute atomic E-state index is 0.217. The van der Waals surface area contributed by atoms with Crippen LogP contribution in [-0.4, -0.2) is 16.7 Å². The summed E-state index contributed by atoms with van der Waals surface area (Å²) in [6.45, 7) is 0.217. The topological polar surface area (TPSA) is 33.1 Å². The van der Waals surface area contributed by atoms with Gasteiger partial charge in [-0.1, -0.05) is 11.6 Å². The van der Waals surface area contributed by atoms with Crippen molar-refractivity contribution in [3.05, 3.63) is 15.5 Å². The Kier molecular flexibility index (Phi) is 3.12. The van der Waals surface area contributed by atoms with Crippen LogP contribution in [0.1, 0.15) is 12.1 Å². The molecule has 1 N–H and O–H groups in total. The van der Waals surface area contributed by atoms with Crippen molar-refractivity contribution in [3.8, 4) is 0 Å². The van der Waals surface area contributed by atoms with E-state index in [-0.39, 0.29) is 6.61 Å². The molecule has 1 rings (SSSR count). The van der Waals surface area contributed by atoms with Crippen molar-refractivity contribution in [3.63, 3.8) is 0 Å². The molecule has 1 aromatic heterocycles. The largest absolute Gasteiger partial charge is 0.396 e. The van der Waals surface area contributed by atoms with E-state index in [1.165, 1.54) is 11.3 Å². The zero-order valence-corrected chi connectivity index (χ0v) is 6.95. The van der Waals surface area contributed by atoms with Crippen molar-refractivity contribution in [2.75, 3.05) is 6.61 Å². The molecular formula is C6H8ClNOS. The molecule has 0 saturated carbocycles. The second-order valence-electron chi connectivity index (χ2n) is 1.92. The van der Waals surface area contributed by atoms with Gasteiger partial charge in [0.2, 0.25) is 0 Å². The van der Waals surface area contributed by atoms with Crippen molar-refractivity contribution < 1.29 is 5.11 Å². The number of aliphatic hydroxyl groups is 1. The second-order valence-corrected chi connectivity index (χ2v) is 3.36. The standard InChI is InChI=1S/C6H8ClNOS/c7-6-8-5(4-10-6)2-1-3-9/h4,9H,1-3H2. The molecule has 4 heteroatoms. The number of nitrogens with zero attached hydrogens (tertiary/aromatic N) is 1. The number of aromatic nitrogens is 1. The third-order valence-corrected chi connectivity index (χ3v) is 2.14. The van der Waals surface area contributed by atoms with Crippen LogP contribution in [-0.2, 0) is 6.42 Å². The van der Waals surface area contributed by atoms with Gasteiger partial charge in [-0.3, -0.25) is 0 Å². The van der Waals surface area contributed by atoms with Crippen LogP contribution in [0.4, 0.5) is 0 Å². The highest BCUT2D eigenvalue weighted by molar-refractivity contribution is 7.13. The summed E-state index contributed by atoms with van der Waals surface area (Å²) in [5.41, 5.74) is 0.976. The summed E-state index contributed by atoms with van der Waals surface area (Å²) in [7, 11) is 0. The molecule has 56 valence electrons. The van der Waals surface area contributed by atoms with Crippen LogP contribution in [0.15, 0.2) is 5.38 Å². The maximum absolute atomic E-state index is 8.48. The van der Waals surface area contributed by atoms with Gasteiger partial charge < -0.3 is 5.11 Å². The highest BCUT2D eigenvalue weighted by Crippen LogP contribution is 2.15. The third-order valence-electron chi connectivity index (χ3n) is 1.11. The fraction of sp³-hybridized carbons (Fsp3) is 0.500. The van der Waals surface area contributed by atoms with E-state index < -0.39 is 0 Å². The average molecular weight is 178 g/mol. The average Bonchev–Trinajstić information content (AvgIpc) is 2.31. The van der Waals surface area contributed by atoms with E-state index in [4.69, 9.17) is 16.7 Å². The fourth-order valence-corrected chi connectivity index (χ4v) is 1.47. The van der Waals surface area contributed by atoms with Crippen molar-refractivity contribution >= 4 is 22.9 Å². The summed E-state index contributed by atoms with van der Waals surface area (Å²) in [4.78, 5) is 4.02. The van der Waals surface area contributed by atoms with Gasteiger partial charge in [0.25, 0.3) is 0 Å². The zero-order chi connectivity index (χ0) is 7.40. The Morgan fingerprint density at radius 1 is 1.70 bits per heavy atom. The van der Waals surface area contributed by atoms with Crippen LogP contribution < -0.4 is 0 Å². The lowest BCUT2D eigenvalue weighted by molar-refractivity contribution is 0.288. The van der Waals surface area contributed by atoms with Gasteiger partial charge in [-0.05, 0) is 12.8 Å². The molecule has 0 aromatic carbocycles. The minimum atomic E-state index is 0.217. The van der Waals surface area contributed by atoms with Crippen molar-refractivity contribution in [2.24, 2.45) is 0 Å². The number of hydrogen-bond donors (Lipinski definition) is 1.